The van der Waals surface area contributed by atoms with Gasteiger partial charge in [-0.1, -0.05) is 6.42 Å². The third-order valence-corrected chi connectivity index (χ3v) is 2.75. The third kappa shape index (κ3) is 2.06. The first-order valence-corrected chi connectivity index (χ1v) is 4.59. The van der Waals surface area contributed by atoms with E-state index in [1.54, 1.807) is 0 Å². The Balaban J connectivity index is 0.000000845. The molecular weight excluding hydrogens is 186 g/mol. The fourth-order valence-corrected chi connectivity index (χ4v) is 1.66. The summed E-state index contributed by atoms with van der Waals surface area (Å²) in [5.41, 5.74) is 6.02. The summed E-state index contributed by atoms with van der Waals surface area (Å²) >= 11 is 0. The highest BCUT2D eigenvalue weighted by Crippen LogP contribution is 2.36. The second-order valence-corrected chi connectivity index (χ2v) is 3.67. The van der Waals surface area contributed by atoms with Crippen molar-refractivity contribution in [3.8, 4) is 0 Å². The van der Waals surface area contributed by atoms with Gasteiger partial charge < -0.3 is 10.2 Å². The van der Waals surface area contributed by atoms with E-state index in [1.165, 1.54) is 19.3 Å². The average Bonchev–Trinajstić information content (AvgIpc) is 2.31. The van der Waals surface area contributed by atoms with Gasteiger partial charge >= 0.3 is 0 Å². The van der Waals surface area contributed by atoms with Gasteiger partial charge in [-0.3, -0.25) is 0 Å². The van der Waals surface area contributed by atoms with E-state index in [2.05, 4.69) is 0 Å². The molecule has 0 radical (unpaired) electrons. The first kappa shape index (κ1) is 10.6. The first-order chi connectivity index (χ1) is 5.77. The number of rotatable bonds is 2. The highest BCUT2D eigenvalue weighted by Gasteiger charge is 2.27. The SMILES string of the molecule is Cc1ccc([C@H](N)C2CCC2)o1.Cl. The molecule has 1 aromatic heterocycles. The van der Waals surface area contributed by atoms with Crippen molar-refractivity contribution < 1.29 is 4.42 Å². The van der Waals surface area contributed by atoms with Gasteiger partial charge in [0.15, 0.2) is 0 Å². The molecule has 1 aromatic rings. The van der Waals surface area contributed by atoms with Crippen molar-refractivity contribution in [1.29, 1.82) is 0 Å². The van der Waals surface area contributed by atoms with Crippen LogP contribution in [0.15, 0.2) is 16.5 Å². The zero-order valence-corrected chi connectivity index (χ0v) is 8.64. The standard InChI is InChI=1S/C10H15NO.ClH/c1-7-5-6-9(12-7)10(11)8-3-2-4-8;/h5-6,8,10H,2-4,11H2,1H3;1H/t10-;/m1./s1. The van der Waals surface area contributed by atoms with Crippen LogP contribution in [0.2, 0.25) is 0 Å². The van der Waals surface area contributed by atoms with Crippen molar-refractivity contribution in [2.75, 3.05) is 0 Å². The minimum Gasteiger partial charge on any atom is -0.465 e. The van der Waals surface area contributed by atoms with Crippen LogP contribution in [0.4, 0.5) is 0 Å². The third-order valence-electron chi connectivity index (χ3n) is 2.75. The molecule has 13 heavy (non-hydrogen) atoms. The van der Waals surface area contributed by atoms with Crippen LogP contribution in [0.25, 0.3) is 0 Å². The lowest BCUT2D eigenvalue weighted by Crippen LogP contribution is -2.26. The van der Waals surface area contributed by atoms with Gasteiger partial charge in [-0.15, -0.1) is 12.4 Å². The van der Waals surface area contributed by atoms with Crippen molar-refractivity contribution in [3.63, 3.8) is 0 Å². The molecular formula is C10H16ClNO. The Morgan fingerprint density at radius 2 is 2.15 bits per heavy atom. The van der Waals surface area contributed by atoms with Crippen LogP contribution in [0, 0.1) is 12.8 Å². The van der Waals surface area contributed by atoms with E-state index in [0.29, 0.717) is 5.92 Å². The molecule has 0 spiro atoms. The van der Waals surface area contributed by atoms with Crippen LogP contribution in [0.3, 0.4) is 0 Å². The topological polar surface area (TPSA) is 39.2 Å². The summed E-state index contributed by atoms with van der Waals surface area (Å²) in [7, 11) is 0. The maximum absolute atomic E-state index is 6.02. The van der Waals surface area contributed by atoms with Gasteiger partial charge in [-0.25, -0.2) is 0 Å². The van der Waals surface area contributed by atoms with E-state index >= 15 is 0 Å². The smallest absolute Gasteiger partial charge is 0.121 e. The molecule has 3 heteroatoms. The summed E-state index contributed by atoms with van der Waals surface area (Å²) in [5, 5.41) is 0. The summed E-state index contributed by atoms with van der Waals surface area (Å²) in [6, 6.07) is 4.11. The van der Waals surface area contributed by atoms with Crippen molar-refractivity contribution in [1.82, 2.24) is 0 Å². The average molecular weight is 202 g/mol. The molecule has 1 aliphatic rings. The molecule has 74 valence electrons. The van der Waals surface area contributed by atoms with E-state index in [4.69, 9.17) is 10.2 Å². The quantitative estimate of drug-likeness (QED) is 0.799. The highest BCUT2D eigenvalue weighted by atomic mass is 35.5. The number of furan rings is 1. The van der Waals surface area contributed by atoms with E-state index in [1.807, 2.05) is 19.1 Å². The number of aryl methyl sites for hydroxylation is 1. The Hall–Kier alpha value is -0.470. The van der Waals surface area contributed by atoms with Crippen LogP contribution in [0.5, 0.6) is 0 Å². The van der Waals surface area contributed by atoms with Gasteiger partial charge in [0.2, 0.25) is 0 Å². The maximum atomic E-state index is 6.02. The largest absolute Gasteiger partial charge is 0.465 e. The monoisotopic (exact) mass is 201 g/mol. The van der Waals surface area contributed by atoms with E-state index in [9.17, 15) is 0 Å². The maximum Gasteiger partial charge on any atom is 0.121 e. The predicted molar refractivity (Wildman–Crippen MR) is 55.0 cm³/mol. The molecule has 0 amide bonds. The summed E-state index contributed by atoms with van der Waals surface area (Å²) in [6.45, 7) is 1.96. The summed E-state index contributed by atoms with van der Waals surface area (Å²) in [4.78, 5) is 0. The molecule has 1 saturated carbocycles. The van der Waals surface area contributed by atoms with Gasteiger partial charge in [0.05, 0.1) is 6.04 Å². The Bertz CT molecular complexity index is 268. The molecule has 0 saturated heterocycles. The lowest BCUT2D eigenvalue weighted by Gasteiger charge is -2.29. The first-order valence-electron chi connectivity index (χ1n) is 4.59. The summed E-state index contributed by atoms with van der Waals surface area (Å²) < 4.78 is 5.48. The van der Waals surface area contributed by atoms with Crippen molar-refractivity contribution >= 4 is 12.4 Å². The number of hydrogen-bond donors (Lipinski definition) is 1. The Morgan fingerprint density at radius 1 is 1.46 bits per heavy atom. The lowest BCUT2D eigenvalue weighted by molar-refractivity contribution is 0.239. The molecule has 0 bridgehead atoms. The van der Waals surface area contributed by atoms with Crippen molar-refractivity contribution in [3.05, 3.63) is 23.7 Å². The van der Waals surface area contributed by atoms with Crippen LogP contribution in [-0.2, 0) is 0 Å². The lowest BCUT2D eigenvalue weighted by atomic mass is 9.79. The summed E-state index contributed by atoms with van der Waals surface area (Å²) in [6.07, 6.45) is 3.86. The van der Waals surface area contributed by atoms with Gasteiger partial charge in [-0.2, -0.15) is 0 Å². The Kier molecular flexibility index (Phi) is 3.40. The van der Waals surface area contributed by atoms with Gasteiger partial charge in [0.1, 0.15) is 11.5 Å². The highest BCUT2D eigenvalue weighted by molar-refractivity contribution is 5.85. The van der Waals surface area contributed by atoms with E-state index in [0.717, 1.165) is 11.5 Å². The molecule has 1 aliphatic carbocycles. The minimum atomic E-state index is 0. The second kappa shape index (κ2) is 4.16. The fraction of sp³-hybridized carbons (Fsp3) is 0.600. The van der Waals surface area contributed by atoms with Crippen molar-refractivity contribution in [2.45, 2.75) is 32.2 Å². The second-order valence-electron chi connectivity index (χ2n) is 3.67. The predicted octanol–water partition coefficient (Wildman–Crippen LogP) is 2.81. The molecule has 0 unspecified atom stereocenters. The van der Waals surface area contributed by atoms with Gasteiger partial charge in [-0.05, 0) is 37.8 Å². The van der Waals surface area contributed by atoms with E-state index < -0.39 is 0 Å². The zero-order valence-electron chi connectivity index (χ0n) is 7.82. The van der Waals surface area contributed by atoms with Crippen LogP contribution < -0.4 is 5.73 Å². The van der Waals surface area contributed by atoms with Gasteiger partial charge in [0.25, 0.3) is 0 Å². The molecule has 1 fully saturated rings. The molecule has 1 atom stereocenters. The number of nitrogens with two attached hydrogens (primary N) is 1. The van der Waals surface area contributed by atoms with E-state index in [-0.39, 0.29) is 18.4 Å². The zero-order chi connectivity index (χ0) is 8.55. The Morgan fingerprint density at radius 3 is 2.54 bits per heavy atom. The number of halogens is 1. The molecule has 0 aromatic carbocycles. The summed E-state index contributed by atoms with van der Waals surface area (Å²) in [5.74, 6) is 2.58. The van der Waals surface area contributed by atoms with Crippen LogP contribution >= 0.6 is 12.4 Å². The molecule has 2 rings (SSSR count). The molecule has 2 N–H and O–H groups in total. The molecule has 0 aliphatic heterocycles. The van der Waals surface area contributed by atoms with Crippen LogP contribution in [0.1, 0.15) is 36.8 Å². The molecule has 2 nitrogen and oxygen atoms in total. The molecule has 1 heterocycles. The number of hydrogen-bond acceptors (Lipinski definition) is 2. The fourth-order valence-electron chi connectivity index (χ4n) is 1.66. The normalized spacial score (nSPS) is 18.9. The van der Waals surface area contributed by atoms with Crippen LogP contribution in [-0.4, -0.2) is 0 Å². The van der Waals surface area contributed by atoms with Gasteiger partial charge in [0, 0.05) is 0 Å². The van der Waals surface area contributed by atoms with Crippen molar-refractivity contribution in [2.24, 2.45) is 11.7 Å². The minimum absolute atomic E-state index is 0. The Labute approximate surface area is 84.9 Å².